The van der Waals surface area contributed by atoms with Crippen LogP contribution in [0.15, 0.2) is 104 Å². The minimum Gasteiger partial charge on any atom is -0.462 e. The number of hydrogen-bond donors (Lipinski definition) is 4. The zero-order valence-corrected chi connectivity index (χ0v) is 30.4. The van der Waals surface area contributed by atoms with Gasteiger partial charge in [-0.15, -0.1) is 13.2 Å². The molecule has 1 aliphatic rings. The molecule has 3 amide bonds. The van der Waals surface area contributed by atoms with Crippen molar-refractivity contribution in [2.24, 2.45) is 5.92 Å². The zero-order chi connectivity index (χ0) is 37.3. The highest BCUT2D eigenvalue weighted by molar-refractivity contribution is 7.98. The molecule has 0 fully saturated rings. The Morgan fingerprint density at radius 3 is 2.15 bits per heavy atom. The average Bonchev–Trinajstić information content (AvgIpc) is 3.47. The van der Waals surface area contributed by atoms with Crippen molar-refractivity contribution in [1.82, 2.24) is 16.0 Å². The van der Waals surface area contributed by atoms with Gasteiger partial charge in [0.05, 0.1) is 18.6 Å². The molecule has 0 aromatic heterocycles. The summed E-state index contributed by atoms with van der Waals surface area (Å²) in [6.45, 7) is 8.87. The van der Waals surface area contributed by atoms with Gasteiger partial charge in [-0.3, -0.25) is 9.59 Å². The van der Waals surface area contributed by atoms with Gasteiger partial charge in [0.25, 0.3) is 0 Å². The Bertz CT molecular complexity index is 1620. The maximum atomic E-state index is 13.4. The number of carbonyl (C=O) groups excluding carboxylic acids is 4. The fourth-order valence-electron chi connectivity index (χ4n) is 6.03. The third kappa shape index (κ3) is 11.8. The second-order valence-corrected chi connectivity index (χ2v) is 13.8. The molecule has 4 atom stereocenters. The SMILES string of the molecule is C=CCC[C@H](NC(=O)OCC1c2ccccc2-c2ccccc21)C(=O)OC[C@H](CSCc1ccccc1)NC(=O)[C@@H](CC=C)CC(=O)N[C@@H](C)CO. The maximum absolute atomic E-state index is 13.4. The van der Waals surface area contributed by atoms with E-state index in [1.165, 1.54) is 0 Å². The summed E-state index contributed by atoms with van der Waals surface area (Å²) in [5.74, 6) is -1.17. The molecule has 4 N–H and O–H groups in total. The largest absolute Gasteiger partial charge is 0.462 e. The molecule has 0 unspecified atom stereocenters. The molecule has 0 saturated carbocycles. The Hall–Kier alpha value is -4.87. The van der Waals surface area contributed by atoms with Gasteiger partial charge in [0, 0.05) is 29.9 Å². The van der Waals surface area contributed by atoms with Gasteiger partial charge < -0.3 is 30.5 Å². The normalized spacial score (nSPS) is 14.0. The molecule has 1 aliphatic carbocycles. The minimum atomic E-state index is -1.01. The quantitative estimate of drug-likeness (QED) is 0.0785. The van der Waals surface area contributed by atoms with Crippen LogP contribution < -0.4 is 16.0 Å². The number of thioether (sulfide) groups is 1. The lowest BCUT2D eigenvalue weighted by molar-refractivity contribution is -0.147. The van der Waals surface area contributed by atoms with Gasteiger partial charge in [-0.25, -0.2) is 9.59 Å². The van der Waals surface area contributed by atoms with E-state index in [1.807, 2.05) is 66.7 Å². The van der Waals surface area contributed by atoms with Gasteiger partial charge in [-0.1, -0.05) is 91.0 Å². The standard InChI is InChI=1S/C41H49N3O7S/c1-4-6-21-37(44-41(49)51-25-36-34-19-12-10-17-32(34)33-18-11-13-20-35(33)36)40(48)50-24-31(27-52-26-29-15-8-7-9-16-29)43-39(47)30(14-5-2)22-38(46)42-28(3)23-45/h4-5,7-13,15-20,28,30-31,36-37,45H,1-2,6,14,21-27H2,3H3,(H,42,46)(H,43,47)(H,44,49)/t28-,30-,31+,37-/m0/s1. The topological polar surface area (TPSA) is 143 Å². The van der Waals surface area contributed by atoms with E-state index >= 15 is 0 Å². The highest BCUT2D eigenvalue weighted by Crippen LogP contribution is 2.44. The number of amides is 3. The van der Waals surface area contributed by atoms with Crippen molar-refractivity contribution >= 4 is 35.6 Å². The Labute approximate surface area is 310 Å². The van der Waals surface area contributed by atoms with Crippen LogP contribution in [0.2, 0.25) is 0 Å². The summed E-state index contributed by atoms with van der Waals surface area (Å²) in [5, 5.41) is 17.6. The van der Waals surface area contributed by atoms with Gasteiger partial charge in [0.2, 0.25) is 11.8 Å². The number of esters is 1. The lowest BCUT2D eigenvalue weighted by atomic mass is 9.98. The number of nitrogens with one attached hydrogen (secondary N) is 3. The van der Waals surface area contributed by atoms with E-state index in [2.05, 4.69) is 41.2 Å². The summed E-state index contributed by atoms with van der Waals surface area (Å²) < 4.78 is 11.4. The third-order valence-electron chi connectivity index (χ3n) is 8.72. The van der Waals surface area contributed by atoms with Crippen molar-refractivity contribution in [1.29, 1.82) is 0 Å². The van der Waals surface area contributed by atoms with Crippen molar-refractivity contribution in [3.05, 3.63) is 121 Å². The summed E-state index contributed by atoms with van der Waals surface area (Å²) in [5.41, 5.74) is 5.48. The van der Waals surface area contributed by atoms with E-state index in [1.54, 1.807) is 30.8 Å². The minimum absolute atomic E-state index is 0.0959. The van der Waals surface area contributed by atoms with Gasteiger partial charge >= 0.3 is 12.1 Å². The number of aliphatic hydroxyl groups excluding tert-OH is 1. The first kappa shape index (κ1) is 39.9. The molecule has 10 nitrogen and oxygen atoms in total. The van der Waals surface area contributed by atoms with E-state index in [4.69, 9.17) is 9.47 Å². The summed E-state index contributed by atoms with van der Waals surface area (Å²) >= 11 is 1.56. The van der Waals surface area contributed by atoms with Gasteiger partial charge in [-0.2, -0.15) is 11.8 Å². The molecular weight excluding hydrogens is 679 g/mol. The lowest BCUT2D eigenvalue weighted by Gasteiger charge is -2.24. The van der Waals surface area contributed by atoms with Crippen LogP contribution in [0.4, 0.5) is 4.79 Å². The molecule has 3 aromatic carbocycles. The first-order valence-corrected chi connectivity index (χ1v) is 18.7. The Morgan fingerprint density at radius 2 is 1.52 bits per heavy atom. The van der Waals surface area contributed by atoms with Crippen molar-refractivity contribution in [3.8, 4) is 11.1 Å². The maximum Gasteiger partial charge on any atom is 0.407 e. The number of aliphatic hydroxyl groups is 1. The van der Waals surface area contributed by atoms with Crippen LogP contribution in [0.25, 0.3) is 11.1 Å². The first-order chi connectivity index (χ1) is 25.2. The molecule has 52 heavy (non-hydrogen) atoms. The highest BCUT2D eigenvalue weighted by Gasteiger charge is 2.31. The highest BCUT2D eigenvalue weighted by atomic mass is 32.2. The molecule has 276 valence electrons. The summed E-state index contributed by atoms with van der Waals surface area (Å²) in [7, 11) is 0. The molecule has 0 spiro atoms. The molecule has 0 radical (unpaired) electrons. The van der Waals surface area contributed by atoms with Crippen LogP contribution in [0, 0.1) is 5.92 Å². The molecular formula is C41H49N3O7S. The molecule has 3 aromatic rings. The average molecular weight is 728 g/mol. The molecule has 0 saturated heterocycles. The molecule has 0 aliphatic heterocycles. The fraction of sp³-hybridized carbons (Fsp3) is 0.366. The number of hydrogen-bond acceptors (Lipinski definition) is 8. The molecule has 4 rings (SSSR count). The second kappa shape index (κ2) is 20.8. The van der Waals surface area contributed by atoms with E-state index < -0.39 is 36.1 Å². The summed E-state index contributed by atoms with van der Waals surface area (Å²) in [6.07, 6.45) is 3.33. The third-order valence-corrected chi connectivity index (χ3v) is 9.89. The Morgan fingerprint density at radius 1 is 0.865 bits per heavy atom. The zero-order valence-electron chi connectivity index (χ0n) is 29.6. The van der Waals surface area contributed by atoms with Crippen LogP contribution in [0.1, 0.15) is 55.2 Å². The predicted molar refractivity (Wildman–Crippen MR) is 205 cm³/mol. The number of allylic oxidation sites excluding steroid dienone is 2. The van der Waals surface area contributed by atoms with E-state index in [9.17, 15) is 24.3 Å². The van der Waals surface area contributed by atoms with Crippen LogP contribution in [-0.4, -0.2) is 72.7 Å². The number of benzene rings is 3. The monoisotopic (exact) mass is 727 g/mol. The van der Waals surface area contributed by atoms with E-state index in [0.717, 1.165) is 27.8 Å². The molecule has 0 heterocycles. The van der Waals surface area contributed by atoms with Crippen molar-refractivity contribution in [2.75, 3.05) is 25.6 Å². The van der Waals surface area contributed by atoms with Gasteiger partial charge in [-0.05, 0) is 54.0 Å². The summed E-state index contributed by atoms with van der Waals surface area (Å²) in [6, 6.07) is 23.9. The Balaban J connectivity index is 1.38. The van der Waals surface area contributed by atoms with Crippen LogP contribution >= 0.6 is 11.8 Å². The summed E-state index contributed by atoms with van der Waals surface area (Å²) in [4.78, 5) is 52.5. The predicted octanol–water partition coefficient (Wildman–Crippen LogP) is 5.90. The fourth-order valence-corrected chi connectivity index (χ4v) is 7.04. The van der Waals surface area contributed by atoms with Crippen LogP contribution in [0.5, 0.6) is 0 Å². The molecule has 11 heteroatoms. The van der Waals surface area contributed by atoms with Crippen LogP contribution in [0.3, 0.4) is 0 Å². The smallest absolute Gasteiger partial charge is 0.407 e. The number of ether oxygens (including phenoxy) is 2. The first-order valence-electron chi connectivity index (χ1n) is 17.6. The second-order valence-electron chi connectivity index (χ2n) is 12.8. The van der Waals surface area contributed by atoms with Crippen molar-refractivity contribution in [2.45, 2.75) is 62.4 Å². The molecule has 0 bridgehead atoms. The lowest BCUT2D eigenvalue weighted by Crippen LogP contribution is -2.47. The Kier molecular flexibility index (Phi) is 16.0. The van der Waals surface area contributed by atoms with E-state index in [0.29, 0.717) is 17.9 Å². The van der Waals surface area contributed by atoms with Crippen LogP contribution in [-0.2, 0) is 29.6 Å². The number of fused-ring (bicyclic) bond motifs is 3. The van der Waals surface area contributed by atoms with Gasteiger partial charge in [0.1, 0.15) is 19.3 Å². The van der Waals surface area contributed by atoms with Gasteiger partial charge in [0.15, 0.2) is 0 Å². The number of carbonyl (C=O) groups is 4. The van der Waals surface area contributed by atoms with Crippen molar-refractivity contribution in [3.63, 3.8) is 0 Å². The number of alkyl carbamates (subject to hydrolysis) is 1. The van der Waals surface area contributed by atoms with Crippen molar-refractivity contribution < 1.29 is 33.8 Å². The van der Waals surface area contributed by atoms with E-state index in [-0.39, 0.29) is 56.8 Å². The number of rotatable bonds is 21.